The van der Waals surface area contributed by atoms with Gasteiger partial charge in [-0.25, -0.2) is 0 Å². The Morgan fingerprint density at radius 1 is 0.127 bits per heavy atom. The van der Waals surface area contributed by atoms with Gasteiger partial charge in [0.1, 0.15) is 0 Å². The zero-order valence-corrected chi connectivity index (χ0v) is 46.4. The van der Waals surface area contributed by atoms with Crippen molar-refractivity contribution >= 4 is 7.26 Å². The van der Waals surface area contributed by atoms with E-state index in [1.165, 1.54) is 321 Å². The van der Waals surface area contributed by atoms with E-state index in [1.807, 2.05) is 0 Å². The molecular weight excluding hydrogens is 776 g/mol. The summed E-state index contributed by atoms with van der Waals surface area (Å²) in [6.45, 7) is 9.37. The second-order valence-corrected chi connectivity index (χ2v) is 26.4. The summed E-state index contributed by atoms with van der Waals surface area (Å²) in [6, 6.07) is 0. The third-order valence-electron chi connectivity index (χ3n) is 15.4. The van der Waals surface area contributed by atoms with Crippen molar-refractivity contribution < 1.29 is 0 Å². The first-order chi connectivity index (χ1) is 31.2. The maximum absolute atomic E-state index is 2.38. The minimum atomic E-state index is -0.816. The number of hydrogen-bond donors (Lipinski definition) is 0. The van der Waals surface area contributed by atoms with Crippen LogP contribution >= 0.6 is 7.26 Å². The van der Waals surface area contributed by atoms with E-state index in [9.17, 15) is 0 Å². The highest BCUT2D eigenvalue weighted by atomic mass is 31.2. The van der Waals surface area contributed by atoms with Gasteiger partial charge < -0.3 is 0 Å². The fraction of sp³-hybridized carbons (Fsp3) is 1.00. The average molecular weight is 905 g/mol. The molecule has 0 aliphatic rings. The fourth-order valence-corrected chi connectivity index (χ4v) is 15.8. The Hall–Kier alpha value is 0.430. The SMILES string of the molecule is CCCCCCCCCCCCCCCCCC[P+](CCCCCCCC)(CCCCCCCCCCCCCCCCCC)CCCCCCCCCCCCCCCCCC. The Morgan fingerprint density at radius 2 is 0.222 bits per heavy atom. The van der Waals surface area contributed by atoms with Gasteiger partial charge in [-0.1, -0.05) is 323 Å². The molecule has 0 amide bonds. The van der Waals surface area contributed by atoms with E-state index in [1.54, 1.807) is 50.3 Å². The maximum atomic E-state index is 2.38. The van der Waals surface area contributed by atoms with E-state index in [2.05, 4.69) is 27.7 Å². The molecule has 0 aromatic heterocycles. The van der Waals surface area contributed by atoms with Crippen molar-refractivity contribution in [3.8, 4) is 0 Å². The molecular formula is C62H128P+. The van der Waals surface area contributed by atoms with E-state index in [-0.39, 0.29) is 0 Å². The molecule has 0 aliphatic carbocycles. The topological polar surface area (TPSA) is 0 Å². The summed E-state index contributed by atoms with van der Waals surface area (Å²) in [4.78, 5) is 0. The predicted octanol–water partition coefficient (Wildman–Crippen LogP) is 24.1. The molecule has 0 saturated heterocycles. The predicted molar refractivity (Wildman–Crippen MR) is 298 cm³/mol. The average Bonchev–Trinajstić information content (AvgIpc) is 3.29. The molecule has 0 rings (SSSR count). The summed E-state index contributed by atoms with van der Waals surface area (Å²) in [5.74, 6) is 0. The molecule has 0 saturated carbocycles. The van der Waals surface area contributed by atoms with Crippen LogP contribution in [0.2, 0.25) is 0 Å². The summed E-state index contributed by atoms with van der Waals surface area (Å²) in [5, 5.41) is 0. The highest BCUT2D eigenvalue weighted by Crippen LogP contribution is 2.61. The molecule has 0 heterocycles. The van der Waals surface area contributed by atoms with Crippen molar-refractivity contribution in [2.45, 2.75) is 374 Å². The highest BCUT2D eigenvalue weighted by molar-refractivity contribution is 7.75. The Bertz CT molecular complexity index is 685. The Labute approximate surface area is 404 Å². The third kappa shape index (κ3) is 51.7. The summed E-state index contributed by atoms with van der Waals surface area (Å²) >= 11 is 0. The van der Waals surface area contributed by atoms with Gasteiger partial charge in [0.05, 0.1) is 24.6 Å². The molecule has 0 atom stereocenters. The molecule has 0 aliphatic heterocycles. The monoisotopic (exact) mass is 904 g/mol. The van der Waals surface area contributed by atoms with Crippen molar-refractivity contribution in [2.24, 2.45) is 0 Å². The molecule has 63 heavy (non-hydrogen) atoms. The van der Waals surface area contributed by atoms with Gasteiger partial charge in [-0.15, -0.1) is 0 Å². The van der Waals surface area contributed by atoms with E-state index >= 15 is 0 Å². The fourth-order valence-electron chi connectivity index (χ4n) is 10.9. The van der Waals surface area contributed by atoms with Crippen molar-refractivity contribution in [1.82, 2.24) is 0 Å². The van der Waals surface area contributed by atoms with Crippen molar-refractivity contribution in [2.75, 3.05) is 24.6 Å². The maximum Gasteiger partial charge on any atom is 0.0594 e. The van der Waals surface area contributed by atoms with Gasteiger partial charge in [-0.3, -0.25) is 0 Å². The molecule has 0 aromatic carbocycles. The molecule has 0 aromatic rings. The molecule has 0 N–H and O–H groups in total. The van der Waals surface area contributed by atoms with Crippen LogP contribution in [-0.2, 0) is 0 Å². The zero-order chi connectivity index (χ0) is 45.5. The summed E-state index contributed by atoms with van der Waals surface area (Å²) < 4.78 is 0. The van der Waals surface area contributed by atoms with E-state index in [0.29, 0.717) is 0 Å². The largest absolute Gasteiger partial charge is 0.0654 e. The van der Waals surface area contributed by atoms with Gasteiger partial charge in [0.2, 0.25) is 0 Å². The van der Waals surface area contributed by atoms with Crippen LogP contribution < -0.4 is 0 Å². The van der Waals surface area contributed by atoms with Gasteiger partial charge in [0.25, 0.3) is 0 Å². The van der Waals surface area contributed by atoms with Gasteiger partial charge in [-0.2, -0.15) is 0 Å². The van der Waals surface area contributed by atoms with Crippen LogP contribution in [0.5, 0.6) is 0 Å². The van der Waals surface area contributed by atoms with Crippen LogP contribution in [0.4, 0.5) is 0 Å². The lowest BCUT2D eigenvalue weighted by molar-refractivity contribution is 0.530. The minimum Gasteiger partial charge on any atom is -0.0654 e. The number of rotatable bonds is 58. The van der Waals surface area contributed by atoms with Crippen LogP contribution in [0.25, 0.3) is 0 Å². The van der Waals surface area contributed by atoms with Crippen LogP contribution in [-0.4, -0.2) is 24.6 Å². The van der Waals surface area contributed by atoms with Crippen molar-refractivity contribution in [1.29, 1.82) is 0 Å². The lowest BCUT2D eigenvalue weighted by Gasteiger charge is -2.28. The molecule has 0 radical (unpaired) electrons. The number of hydrogen-bond acceptors (Lipinski definition) is 0. The van der Waals surface area contributed by atoms with Crippen LogP contribution in [0, 0.1) is 0 Å². The quantitative estimate of drug-likeness (QED) is 0.0421. The van der Waals surface area contributed by atoms with Gasteiger partial charge in [0.15, 0.2) is 0 Å². The first-order valence-electron chi connectivity index (χ1n) is 31.1. The minimum absolute atomic E-state index is 0.816. The second-order valence-electron chi connectivity index (χ2n) is 21.9. The van der Waals surface area contributed by atoms with Crippen LogP contribution in [0.1, 0.15) is 374 Å². The zero-order valence-electron chi connectivity index (χ0n) is 45.5. The lowest BCUT2D eigenvalue weighted by atomic mass is 10.0. The van der Waals surface area contributed by atoms with Crippen LogP contribution in [0.15, 0.2) is 0 Å². The molecule has 0 unspecified atom stereocenters. The Morgan fingerprint density at radius 3 is 0.333 bits per heavy atom. The Kier molecular flexibility index (Phi) is 57.1. The van der Waals surface area contributed by atoms with E-state index in [0.717, 1.165) is 0 Å². The van der Waals surface area contributed by atoms with Gasteiger partial charge in [-0.05, 0) is 51.4 Å². The first-order valence-corrected chi connectivity index (χ1v) is 33.6. The first kappa shape index (κ1) is 63.4. The molecule has 1 heteroatoms. The molecule has 0 bridgehead atoms. The van der Waals surface area contributed by atoms with Crippen molar-refractivity contribution in [3.63, 3.8) is 0 Å². The molecule has 0 spiro atoms. The van der Waals surface area contributed by atoms with E-state index in [4.69, 9.17) is 0 Å². The standard InChI is InChI=1S/C62H128P/c1-5-9-13-17-21-24-27-30-33-36-39-42-45-48-52-56-60-63(59-55-51-20-16-12-8-4,61-57-53-49-46-43-40-37-34-31-28-25-22-18-14-10-6-2)62-58-54-50-47-44-41-38-35-32-29-26-23-19-15-11-7-3/h5-62H2,1-4H3/q+1. The Balaban J connectivity index is 4.70. The smallest absolute Gasteiger partial charge is 0.0594 e. The normalized spacial score (nSPS) is 12.0. The third-order valence-corrected chi connectivity index (χ3v) is 20.5. The number of unbranched alkanes of at least 4 members (excludes halogenated alkanes) is 50. The summed E-state index contributed by atoms with van der Waals surface area (Å²) in [5.41, 5.74) is 0. The van der Waals surface area contributed by atoms with Gasteiger partial charge >= 0.3 is 0 Å². The van der Waals surface area contributed by atoms with E-state index < -0.39 is 7.26 Å². The molecule has 380 valence electrons. The summed E-state index contributed by atoms with van der Waals surface area (Å²) in [7, 11) is -0.816. The lowest BCUT2D eigenvalue weighted by Crippen LogP contribution is -2.13. The second kappa shape index (κ2) is 56.8. The molecule has 0 fully saturated rings. The van der Waals surface area contributed by atoms with Crippen LogP contribution in [0.3, 0.4) is 0 Å². The summed E-state index contributed by atoms with van der Waals surface area (Å²) in [6.07, 6.45) is 87.3. The highest BCUT2D eigenvalue weighted by Gasteiger charge is 2.35. The van der Waals surface area contributed by atoms with Gasteiger partial charge in [0, 0.05) is 7.26 Å². The van der Waals surface area contributed by atoms with Crippen molar-refractivity contribution in [3.05, 3.63) is 0 Å². The molecule has 0 nitrogen and oxygen atoms in total.